The van der Waals surface area contributed by atoms with E-state index in [4.69, 9.17) is 5.26 Å². The molecule has 8 heteroatoms. The summed E-state index contributed by atoms with van der Waals surface area (Å²) >= 11 is 0. The maximum atomic E-state index is 12.2. The Morgan fingerprint density at radius 2 is 2.19 bits per heavy atom. The number of aromatic nitrogens is 4. The van der Waals surface area contributed by atoms with E-state index in [1.807, 2.05) is 19.9 Å². The van der Waals surface area contributed by atoms with E-state index in [0.717, 1.165) is 0 Å². The lowest BCUT2D eigenvalue weighted by atomic mass is 10.1. The van der Waals surface area contributed by atoms with E-state index < -0.39 is 11.5 Å². The van der Waals surface area contributed by atoms with E-state index in [2.05, 4.69) is 25.5 Å². The Bertz CT molecular complexity index is 781. The molecule has 0 aliphatic carbocycles. The van der Waals surface area contributed by atoms with Crippen LogP contribution >= 0.6 is 0 Å². The highest BCUT2D eigenvalue weighted by atomic mass is 16.2. The summed E-state index contributed by atoms with van der Waals surface area (Å²) in [6.45, 7) is 5.37. The molecule has 0 atom stereocenters. The zero-order valence-corrected chi connectivity index (χ0v) is 11.8. The molecule has 0 saturated heterocycles. The SMILES string of the molecule is Cc1nc(C(C)C)[nH]c(=O)c1C(=O)Nc1[nH]ncc1C#N. The van der Waals surface area contributed by atoms with Gasteiger partial charge in [-0.15, -0.1) is 0 Å². The van der Waals surface area contributed by atoms with Crippen LogP contribution in [0.4, 0.5) is 5.82 Å². The van der Waals surface area contributed by atoms with Crippen molar-refractivity contribution in [1.82, 2.24) is 20.2 Å². The normalized spacial score (nSPS) is 10.4. The fourth-order valence-corrected chi connectivity index (χ4v) is 1.79. The molecular formula is C13H14N6O2. The molecule has 0 unspecified atom stereocenters. The molecule has 0 radical (unpaired) electrons. The van der Waals surface area contributed by atoms with Crippen LogP contribution in [0.3, 0.4) is 0 Å². The number of aromatic amines is 2. The molecule has 0 aliphatic rings. The summed E-state index contributed by atoms with van der Waals surface area (Å²) in [4.78, 5) is 31.0. The summed E-state index contributed by atoms with van der Waals surface area (Å²) in [5, 5.41) is 17.5. The number of nitriles is 1. The first-order valence-electron chi connectivity index (χ1n) is 6.29. The van der Waals surface area contributed by atoms with E-state index in [0.29, 0.717) is 11.5 Å². The molecule has 108 valence electrons. The molecule has 0 aliphatic heterocycles. The minimum atomic E-state index is -0.641. The second kappa shape index (κ2) is 5.58. The van der Waals surface area contributed by atoms with E-state index in [-0.39, 0.29) is 22.9 Å². The van der Waals surface area contributed by atoms with Crippen LogP contribution in [0.1, 0.15) is 47.2 Å². The average Bonchev–Trinajstić information content (AvgIpc) is 2.84. The van der Waals surface area contributed by atoms with Crippen molar-refractivity contribution in [2.24, 2.45) is 0 Å². The van der Waals surface area contributed by atoms with Gasteiger partial charge in [-0.3, -0.25) is 14.7 Å². The summed E-state index contributed by atoms with van der Waals surface area (Å²) in [6, 6.07) is 1.88. The van der Waals surface area contributed by atoms with Gasteiger partial charge in [0.25, 0.3) is 11.5 Å². The predicted molar refractivity (Wildman–Crippen MR) is 74.9 cm³/mol. The monoisotopic (exact) mass is 286 g/mol. The van der Waals surface area contributed by atoms with Crippen molar-refractivity contribution in [3.05, 3.63) is 39.2 Å². The van der Waals surface area contributed by atoms with Gasteiger partial charge < -0.3 is 10.3 Å². The third-order valence-electron chi connectivity index (χ3n) is 2.89. The number of carbonyl (C=O) groups is 1. The van der Waals surface area contributed by atoms with E-state index in [1.165, 1.54) is 6.20 Å². The van der Waals surface area contributed by atoms with Crippen molar-refractivity contribution in [2.75, 3.05) is 5.32 Å². The van der Waals surface area contributed by atoms with Gasteiger partial charge in [0.2, 0.25) is 0 Å². The summed E-state index contributed by atoms with van der Waals surface area (Å²) in [5.41, 5.74) is -0.0817. The topological polar surface area (TPSA) is 127 Å². The average molecular weight is 286 g/mol. The summed E-state index contributed by atoms with van der Waals surface area (Å²) < 4.78 is 0. The number of nitrogens with zero attached hydrogens (tertiary/aromatic N) is 3. The Hall–Kier alpha value is -2.95. The van der Waals surface area contributed by atoms with Crippen molar-refractivity contribution in [3.8, 4) is 6.07 Å². The number of amides is 1. The van der Waals surface area contributed by atoms with Crippen LogP contribution in [0.5, 0.6) is 0 Å². The van der Waals surface area contributed by atoms with Gasteiger partial charge in [-0.05, 0) is 6.92 Å². The number of hydrogen-bond acceptors (Lipinski definition) is 5. The lowest BCUT2D eigenvalue weighted by Gasteiger charge is -2.09. The molecule has 21 heavy (non-hydrogen) atoms. The lowest BCUT2D eigenvalue weighted by Crippen LogP contribution is -2.27. The van der Waals surface area contributed by atoms with Crippen LogP contribution in [0.15, 0.2) is 11.0 Å². The fraction of sp³-hybridized carbons (Fsp3) is 0.308. The van der Waals surface area contributed by atoms with Crippen LogP contribution < -0.4 is 10.9 Å². The minimum Gasteiger partial charge on any atom is -0.310 e. The molecule has 2 rings (SSSR count). The van der Waals surface area contributed by atoms with Crippen molar-refractivity contribution >= 4 is 11.7 Å². The fourth-order valence-electron chi connectivity index (χ4n) is 1.79. The maximum absolute atomic E-state index is 12.2. The Morgan fingerprint density at radius 1 is 1.48 bits per heavy atom. The molecule has 0 fully saturated rings. The smallest absolute Gasteiger partial charge is 0.264 e. The van der Waals surface area contributed by atoms with E-state index >= 15 is 0 Å². The Labute approximate surface area is 120 Å². The van der Waals surface area contributed by atoms with Crippen molar-refractivity contribution < 1.29 is 4.79 Å². The highest BCUT2D eigenvalue weighted by Gasteiger charge is 2.19. The second-order valence-corrected chi connectivity index (χ2v) is 4.79. The standard InChI is InChI=1S/C13H14N6O2/c1-6(2)10-16-7(3)9(12(20)17-10)13(21)18-11-8(4-14)5-15-19-11/h5-6H,1-3H3,(H,16,17,20)(H2,15,18,19,21). The molecule has 0 spiro atoms. The van der Waals surface area contributed by atoms with Crippen LogP contribution in [0, 0.1) is 18.3 Å². The molecule has 8 nitrogen and oxygen atoms in total. The number of hydrogen-bond donors (Lipinski definition) is 3. The van der Waals surface area contributed by atoms with Crippen molar-refractivity contribution in [3.63, 3.8) is 0 Å². The van der Waals surface area contributed by atoms with Crippen molar-refractivity contribution in [1.29, 1.82) is 5.26 Å². The summed E-state index contributed by atoms with van der Waals surface area (Å²) in [5.74, 6) is 0.0751. The third-order valence-corrected chi connectivity index (χ3v) is 2.89. The Balaban J connectivity index is 2.37. The van der Waals surface area contributed by atoms with Gasteiger partial charge in [0.1, 0.15) is 28.8 Å². The Morgan fingerprint density at radius 3 is 2.76 bits per heavy atom. The summed E-state index contributed by atoms with van der Waals surface area (Å²) in [7, 11) is 0. The highest BCUT2D eigenvalue weighted by molar-refractivity contribution is 6.04. The molecule has 0 aromatic carbocycles. The largest absolute Gasteiger partial charge is 0.310 e. The molecule has 1 amide bonds. The zero-order valence-electron chi connectivity index (χ0n) is 11.8. The van der Waals surface area contributed by atoms with Gasteiger partial charge >= 0.3 is 0 Å². The van der Waals surface area contributed by atoms with Crippen LogP contribution in [0.2, 0.25) is 0 Å². The Kier molecular flexibility index (Phi) is 3.84. The molecule has 2 aromatic rings. The second-order valence-electron chi connectivity index (χ2n) is 4.79. The maximum Gasteiger partial charge on any atom is 0.264 e. The molecule has 2 aromatic heterocycles. The van der Waals surface area contributed by atoms with Gasteiger partial charge in [0.05, 0.1) is 11.9 Å². The molecule has 2 heterocycles. The van der Waals surface area contributed by atoms with Gasteiger partial charge in [0.15, 0.2) is 0 Å². The predicted octanol–water partition coefficient (Wildman–Crippen LogP) is 1.05. The van der Waals surface area contributed by atoms with E-state index in [9.17, 15) is 9.59 Å². The van der Waals surface area contributed by atoms with Crippen LogP contribution in [-0.4, -0.2) is 26.1 Å². The number of aryl methyl sites for hydroxylation is 1. The molecular weight excluding hydrogens is 272 g/mol. The number of rotatable bonds is 3. The number of nitrogens with one attached hydrogen (secondary N) is 3. The van der Waals surface area contributed by atoms with Gasteiger partial charge in [-0.2, -0.15) is 10.4 Å². The van der Waals surface area contributed by atoms with Crippen LogP contribution in [-0.2, 0) is 0 Å². The first-order valence-corrected chi connectivity index (χ1v) is 6.29. The van der Waals surface area contributed by atoms with Gasteiger partial charge in [-0.1, -0.05) is 13.8 Å². The van der Waals surface area contributed by atoms with Gasteiger partial charge in [-0.25, -0.2) is 4.98 Å². The molecule has 0 bridgehead atoms. The van der Waals surface area contributed by atoms with Crippen molar-refractivity contribution in [2.45, 2.75) is 26.7 Å². The van der Waals surface area contributed by atoms with E-state index in [1.54, 1.807) is 6.92 Å². The van der Waals surface area contributed by atoms with Gasteiger partial charge in [0, 0.05) is 5.92 Å². The first kappa shape index (κ1) is 14.5. The molecule has 0 saturated carbocycles. The number of anilines is 1. The minimum absolute atomic E-state index is 0.0475. The third kappa shape index (κ3) is 2.81. The van der Waals surface area contributed by atoms with Crippen LogP contribution in [0.25, 0.3) is 0 Å². The summed E-state index contributed by atoms with van der Waals surface area (Å²) in [6.07, 6.45) is 1.28. The number of H-pyrrole nitrogens is 2. The quantitative estimate of drug-likeness (QED) is 0.777. The highest BCUT2D eigenvalue weighted by Crippen LogP contribution is 2.12. The lowest BCUT2D eigenvalue weighted by molar-refractivity contribution is 0.102. The first-order chi connectivity index (χ1) is 9.93. The molecule has 3 N–H and O–H groups in total. The zero-order chi connectivity index (χ0) is 15.6. The number of carbonyl (C=O) groups excluding carboxylic acids is 1.